The van der Waals surface area contributed by atoms with E-state index in [9.17, 15) is 14.4 Å². The van der Waals surface area contributed by atoms with Crippen LogP contribution in [0.1, 0.15) is 0 Å². The van der Waals surface area contributed by atoms with Crippen LogP contribution in [0.15, 0.2) is 41.3 Å². The first-order chi connectivity index (χ1) is 9.63. The summed E-state index contributed by atoms with van der Waals surface area (Å²) in [5.41, 5.74) is -0.0715. The Bertz CT molecular complexity index is 695. The Morgan fingerprint density at radius 1 is 1.35 bits per heavy atom. The fraction of sp³-hybridized carbons (Fsp3) is 0.0769. The van der Waals surface area contributed by atoms with E-state index in [0.29, 0.717) is 12.0 Å². The third kappa shape index (κ3) is 2.72. The van der Waals surface area contributed by atoms with E-state index in [1.54, 1.807) is 30.3 Å². The van der Waals surface area contributed by atoms with Gasteiger partial charge < -0.3 is 10.4 Å². The van der Waals surface area contributed by atoms with Crippen molar-refractivity contribution in [3.63, 3.8) is 0 Å². The minimum absolute atomic E-state index is 0.0686. The molecule has 0 atom stereocenters. The van der Waals surface area contributed by atoms with E-state index in [1.165, 1.54) is 6.20 Å². The molecule has 7 nitrogen and oxygen atoms in total. The standard InChI is InChI=1S/C13H11N3O4/c17-8-15-10-6-14-12(9-4-2-1-3-5-9)16(13(10)20)7-11(18)19/h1-6,8H,7H2,(H,15,17)(H,18,19). The molecule has 1 heterocycles. The molecule has 0 aliphatic carbocycles. The molecule has 1 aromatic heterocycles. The van der Waals surface area contributed by atoms with Gasteiger partial charge in [-0.15, -0.1) is 0 Å². The first-order valence-corrected chi connectivity index (χ1v) is 5.70. The van der Waals surface area contributed by atoms with E-state index in [-0.39, 0.29) is 11.5 Å². The largest absolute Gasteiger partial charge is 0.480 e. The summed E-state index contributed by atoms with van der Waals surface area (Å²) in [7, 11) is 0. The number of aromatic nitrogens is 2. The van der Waals surface area contributed by atoms with Gasteiger partial charge in [-0.2, -0.15) is 0 Å². The number of aliphatic carboxylic acids is 1. The Morgan fingerprint density at radius 2 is 2.05 bits per heavy atom. The number of benzene rings is 1. The predicted molar refractivity (Wildman–Crippen MR) is 71.3 cm³/mol. The molecule has 0 aliphatic rings. The molecule has 1 amide bonds. The van der Waals surface area contributed by atoms with Gasteiger partial charge in [0.15, 0.2) is 0 Å². The Hall–Kier alpha value is -2.96. The van der Waals surface area contributed by atoms with Crippen LogP contribution in [0.4, 0.5) is 5.69 Å². The van der Waals surface area contributed by atoms with E-state index in [0.717, 1.165) is 4.57 Å². The molecule has 20 heavy (non-hydrogen) atoms. The van der Waals surface area contributed by atoms with E-state index < -0.39 is 18.1 Å². The SMILES string of the molecule is O=CNc1cnc(-c2ccccc2)n(CC(=O)O)c1=O. The number of amides is 1. The van der Waals surface area contributed by atoms with Crippen LogP contribution < -0.4 is 10.9 Å². The monoisotopic (exact) mass is 273 g/mol. The molecule has 0 bridgehead atoms. The lowest BCUT2D eigenvalue weighted by molar-refractivity contribution is -0.137. The Morgan fingerprint density at radius 3 is 2.65 bits per heavy atom. The van der Waals surface area contributed by atoms with Crippen LogP contribution in [0.2, 0.25) is 0 Å². The molecular weight excluding hydrogens is 262 g/mol. The highest BCUT2D eigenvalue weighted by atomic mass is 16.4. The normalized spacial score (nSPS) is 10.0. The number of carbonyl (C=O) groups is 2. The number of nitrogens with one attached hydrogen (secondary N) is 1. The summed E-state index contributed by atoms with van der Waals surface area (Å²) in [6.07, 6.45) is 1.54. The van der Waals surface area contributed by atoms with Gasteiger partial charge in [-0.25, -0.2) is 4.98 Å². The maximum atomic E-state index is 12.1. The lowest BCUT2D eigenvalue weighted by atomic mass is 10.2. The highest BCUT2D eigenvalue weighted by Crippen LogP contribution is 2.15. The number of nitrogens with zero attached hydrogens (tertiary/aromatic N) is 2. The zero-order valence-corrected chi connectivity index (χ0v) is 10.3. The number of carboxylic acid groups (broad SMARTS) is 1. The van der Waals surface area contributed by atoms with Crippen LogP contribution >= 0.6 is 0 Å². The second kappa shape index (κ2) is 5.79. The Labute approximate surface area is 113 Å². The zero-order chi connectivity index (χ0) is 14.5. The van der Waals surface area contributed by atoms with Crippen LogP contribution in [0.5, 0.6) is 0 Å². The first-order valence-electron chi connectivity index (χ1n) is 5.70. The number of carbonyl (C=O) groups excluding carboxylic acids is 1. The maximum absolute atomic E-state index is 12.1. The molecule has 1 aromatic carbocycles. The van der Waals surface area contributed by atoms with Crippen LogP contribution in [-0.4, -0.2) is 27.0 Å². The van der Waals surface area contributed by atoms with Gasteiger partial charge in [0, 0.05) is 5.56 Å². The van der Waals surface area contributed by atoms with E-state index in [4.69, 9.17) is 5.11 Å². The molecule has 0 aliphatic heterocycles. The smallest absolute Gasteiger partial charge is 0.323 e. The lowest BCUT2D eigenvalue weighted by Crippen LogP contribution is -2.28. The van der Waals surface area contributed by atoms with Crippen LogP contribution in [-0.2, 0) is 16.1 Å². The van der Waals surface area contributed by atoms with Crippen molar-refractivity contribution in [2.75, 3.05) is 5.32 Å². The summed E-state index contributed by atoms with van der Waals surface area (Å²) in [5, 5.41) is 11.1. The van der Waals surface area contributed by atoms with Crippen molar-refractivity contribution in [1.82, 2.24) is 9.55 Å². The molecule has 2 rings (SSSR count). The quantitative estimate of drug-likeness (QED) is 0.775. The van der Waals surface area contributed by atoms with Crippen molar-refractivity contribution in [2.45, 2.75) is 6.54 Å². The molecular formula is C13H11N3O4. The molecule has 0 saturated heterocycles. The van der Waals surface area contributed by atoms with Crippen molar-refractivity contribution in [1.29, 1.82) is 0 Å². The van der Waals surface area contributed by atoms with Crippen molar-refractivity contribution in [3.8, 4) is 11.4 Å². The van der Waals surface area contributed by atoms with Crippen molar-refractivity contribution < 1.29 is 14.7 Å². The number of rotatable bonds is 5. The van der Waals surface area contributed by atoms with Crippen molar-refractivity contribution in [3.05, 3.63) is 46.9 Å². The molecule has 0 fully saturated rings. The lowest BCUT2D eigenvalue weighted by Gasteiger charge is -2.11. The maximum Gasteiger partial charge on any atom is 0.323 e. The minimum atomic E-state index is -1.17. The molecule has 102 valence electrons. The van der Waals surface area contributed by atoms with Crippen molar-refractivity contribution in [2.24, 2.45) is 0 Å². The van der Waals surface area contributed by atoms with Gasteiger partial charge in [-0.05, 0) is 0 Å². The fourth-order valence-corrected chi connectivity index (χ4v) is 1.75. The molecule has 0 spiro atoms. The molecule has 0 saturated carbocycles. The van der Waals surface area contributed by atoms with E-state index in [2.05, 4.69) is 10.3 Å². The summed E-state index contributed by atoms with van der Waals surface area (Å²) in [6, 6.07) is 8.74. The first kappa shape index (κ1) is 13.5. The predicted octanol–water partition coefficient (Wildman–Crippen LogP) is 0.563. The van der Waals surface area contributed by atoms with Gasteiger partial charge >= 0.3 is 5.97 Å². The average Bonchev–Trinajstić information content (AvgIpc) is 2.44. The van der Waals surface area contributed by atoms with Gasteiger partial charge in [0.2, 0.25) is 6.41 Å². The van der Waals surface area contributed by atoms with Crippen LogP contribution in [0, 0.1) is 0 Å². The second-order valence-electron chi connectivity index (χ2n) is 3.91. The highest BCUT2D eigenvalue weighted by molar-refractivity contribution is 5.72. The number of hydrogen-bond donors (Lipinski definition) is 2. The molecule has 2 N–H and O–H groups in total. The molecule has 0 radical (unpaired) electrons. The van der Waals surface area contributed by atoms with Gasteiger partial charge in [0.1, 0.15) is 18.1 Å². The van der Waals surface area contributed by atoms with Crippen molar-refractivity contribution >= 4 is 18.1 Å². The Balaban J connectivity index is 2.62. The van der Waals surface area contributed by atoms with Gasteiger partial charge in [-0.3, -0.25) is 19.0 Å². The molecule has 7 heteroatoms. The number of hydrogen-bond acceptors (Lipinski definition) is 4. The second-order valence-corrected chi connectivity index (χ2v) is 3.91. The van der Waals surface area contributed by atoms with Gasteiger partial charge in [0.05, 0.1) is 6.20 Å². The van der Waals surface area contributed by atoms with Crippen LogP contribution in [0.25, 0.3) is 11.4 Å². The van der Waals surface area contributed by atoms with Gasteiger partial charge in [0.25, 0.3) is 5.56 Å². The van der Waals surface area contributed by atoms with E-state index >= 15 is 0 Å². The zero-order valence-electron chi connectivity index (χ0n) is 10.3. The number of anilines is 1. The minimum Gasteiger partial charge on any atom is -0.480 e. The third-order valence-electron chi connectivity index (χ3n) is 2.59. The number of carboxylic acids is 1. The average molecular weight is 273 g/mol. The molecule has 2 aromatic rings. The topological polar surface area (TPSA) is 101 Å². The summed E-state index contributed by atoms with van der Waals surface area (Å²) < 4.78 is 1.00. The fourth-order valence-electron chi connectivity index (χ4n) is 1.75. The Kier molecular flexibility index (Phi) is 3.90. The third-order valence-corrected chi connectivity index (χ3v) is 2.59. The highest BCUT2D eigenvalue weighted by Gasteiger charge is 2.14. The summed E-state index contributed by atoms with van der Waals surface area (Å²) in [5.74, 6) is -0.941. The molecule has 0 unspecified atom stereocenters. The summed E-state index contributed by atoms with van der Waals surface area (Å²) in [6.45, 7) is -0.537. The van der Waals surface area contributed by atoms with E-state index in [1.807, 2.05) is 0 Å². The van der Waals surface area contributed by atoms with Gasteiger partial charge in [-0.1, -0.05) is 30.3 Å². The van der Waals surface area contributed by atoms with Crippen LogP contribution in [0.3, 0.4) is 0 Å². The summed E-state index contributed by atoms with van der Waals surface area (Å²) in [4.78, 5) is 37.5. The summed E-state index contributed by atoms with van der Waals surface area (Å²) >= 11 is 0.